The SMILES string of the molecule is CNC(=O)NC(=O)CCN1CCCCC1C1CCCN1. The van der Waals surface area contributed by atoms with Crippen LogP contribution in [0, 0.1) is 0 Å². The summed E-state index contributed by atoms with van der Waals surface area (Å²) in [5.74, 6) is -0.201. The van der Waals surface area contributed by atoms with Crippen LogP contribution < -0.4 is 16.0 Å². The second kappa shape index (κ2) is 7.59. The molecule has 2 aliphatic rings. The summed E-state index contributed by atoms with van der Waals surface area (Å²) in [6, 6.07) is 0.707. The first-order valence-corrected chi connectivity index (χ1v) is 7.69. The van der Waals surface area contributed by atoms with Crippen LogP contribution in [0.3, 0.4) is 0 Å². The standard InChI is InChI=1S/C14H26N4O2/c1-15-14(20)17-13(19)7-10-18-9-3-2-6-12(18)11-5-4-8-16-11/h11-12,16H,2-10H2,1H3,(H2,15,17,19,20). The predicted molar refractivity (Wildman–Crippen MR) is 77.5 cm³/mol. The Morgan fingerprint density at radius 3 is 2.80 bits per heavy atom. The maximum Gasteiger partial charge on any atom is 0.321 e. The number of urea groups is 1. The maximum atomic E-state index is 11.7. The lowest BCUT2D eigenvalue weighted by molar-refractivity contribution is -0.120. The average Bonchev–Trinajstić information content (AvgIpc) is 2.99. The molecule has 114 valence electrons. The zero-order valence-corrected chi connectivity index (χ0v) is 12.3. The third-order valence-electron chi connectivity index (χ3n) is 4.33. The van der Waals surface area contributed by atoms with Crippen LogP contribution >= 0.6 is 0 Å². The van der Waals surface area contributed by atoms with E-state index >= 15 is 0 Å². The summed E-state index contributed by atoms with van der Waals surface area (Å²) in [4.78, 5) is 25.2. The van der Waals surface area contributed by atoms with E-state index in [1.807, 2.05) is 0 Å². The topological polar surface area (TPSA) is 73.5 Å². The number of hydrogen-bond acceptors (Lipinski definition) is 4. The molecule has 2 aliphatic heterocycles. The molecule has 3 N–H and O–H groups in total. The fourth-order valence-corrected chi connectivity index (χ4v) is 3.29. The molecule has 0 aromatic carbocycles. The second-order valence-electron chi connectivity index (χ2n) is 5.68. The molecule has 2 unspecified atom stereocenters. The third kappa shape index (κ3) is 4.18. The molecule has 2 heterocycles. The zero-order valence-electron chi connectivity index (χ0n) is 12.3. The van der Waals surface area contributed by atoms with Crippen LogP contribution in [0.4, 0.5) is 4.79 Å². The molecule has 0 aromatic rings. The Balaban J connectivity index is 1.79. The van der Waals surface area contributed by atoms with Gasteiger partial charge in [-0.05, 0) is 38.8 Å². The van der Waals surface area contributed by atoms with Crippen molar-refractivity contribution >= 4 is 11.9 Å². The minimum Gasteiger partial charge on any atom is -0.341 e. The van der Waals surface area contributed by atoms with Gasteiger partial charge in [-0.2, -0.15) is 0 Å². The highest BCUT2D eigenvalue weighted by molar-refractivity contribution is 5.94. The van der Waals surface area contributed by atoms with E-state index in [4.69, 9.17) is 0 Å². The van der Waals surface area contributed by atoms with Crippen molar-refractivity contribution in [2.75, 3.05) is 26.7 Å². The summed E-state index contributed by atoms with van der Waals surface area (Å²) in [7, 11) is 1.51. The molecule has 2 fully saturated rings. The normalized spacial score (nSPS) is 27.2. The number of piperidine rings is 1. The lowest BCUT2D eigenvalue weighted by Crippen LogP contribution is -2.51. The molecule has 6 heteroatoms. The van der Waals surface area contributed by atoms with Crippen LogP contribution in [0.25, 0.3) is 0 Å². The van der Waals surface area contributed by atoms with Crippen molar-refractivity contribution in [2.45, 2.75) is 50.6 Å². The number of nitrogens with one attached hydrogen (secondary N) is 3. The van der Waals surface area contributed by atoms with Gasteiger partial charge in [0.2, 0.25) is 5.91 Å². The Hall–Kier alpha value is -1.14. The average molecular weight is 282 g/mol. The highest BCUT2D eigenvalue weighted by Crippen LogP contribution is 2.24. The number of nitrogens with zero attached hydrogens (tertiary/aromatic N) is 1. The molecule has 2 atom stereocenters. The summed E-state index contributed by atoms with van der Waals surface area (Å²) >= 11 is 0. The fraction of sp³-hybridized carbons (Fsp3) is 0.857. The number of amides is 3. The third-order valence-corrected chi connectivity index (χ3v) is 4.33. The number of carbonyl (C=O) groups is 2. The van der Waals surface area contributed by atoms with Crippen molar-refractivity contribution in [1.29, 1.82) is 0 Å². The summed E-state index contributed by atoms with van der Waals surface area (Å²) in [5, 5.41) is 8.29. The molecule has 0 saturated carbocycles. The lowest BCUT2D eigenvalue weighted by Gasteiger charge is -2.39. The first-order valence-electron chi connectivity index (χ1n) is 7.69. The van der Waals surface area contributed by atoms with Gasteiger partial charge in [-0.1, -0.05) is 6.42 Å². The maximum absolute atomic E-state index is 11.7. The summed E-state index contributed by atoms with van der Waals surface area (Å²) in [6.45, 7) is 2.92. The molecule has 2 rings (SSSR count). The first-order chi connectivity index (χ1) is 9.70. The van der Waals surface area contributed by atoms with E-state index in [1.54, 1.807) is 0 Å². The molecule has 0 bridgehead atoms. The van der Waals surface area contributed by atoms with Gasteiger partial charge in [0.1, 0.15) is 0 Å². The largest absolute Gasteiger partial charge is 0.341 e. The van der Waals surface area contributed by atoms with Crippen LogP contribution in [0.15, 0.2) is 0 Å². The lowest BCUT2D eigenvalue weighted by atomic mass is 9.94. The Labute approximate surface area is 120 Å². The Kier molecular flexibility index (Phi) is 5.79. The molecule has 0 aliphatic carbocycles. The van der Waals surface area contributed by atoms with Crippen LogP contribution in [-0.4, -0.2) is 55.6 Å². The van der Waals surface area contributed by atoms with Gasteiger partial charge < -0.3 is 10.6 Å². The molecule has 0 aromatic heterocycles. The monoisotopic (exact) mass is 282 g/mol. The Bertz CT molecular complexity index is 342. The highest BCUT2D eigenvalue weighted by atomic mass is 16.2. The number of likely N-dealkylation sites (tertiary alicyclic amines) is 1. The van der Waals surface area contributed by atoms with E-state index in [-0.39, 0.29) is 5.91 Å². The van der Waals surface area contributed by atoms with Crippen LogP contribution in [0.2, 0.25) is 0 Å². The molecule has 20 heavy (non-hydrogen) atoms. The van der Waals surface area contributed by atoms with Crippen LogP contribution in [0.5, 0.6) is 0 Å². The van der Waals surface area contributed by atoms with E-state index < -0.39 is 6.03 Å². The molecule has 3 amide bonds. The van der Waals surface area contributed by atoms with Crippen molar-refractivity contribution < 1.29 is 9.59 Å². The van der Waals surface area contributed by atoms with Gasteiger partial charge in [0.15, 0.2) is 0 Å². The minimum atomic E-state index is -0.428. The van der Waals surface area contributed by atoms with E-state index in [0.29, 0.717) is 18.5 Å². The van der Waals surface area contributed by atoms with Crippen molar-refractivity contribution in [3.05, 3.63) is 0 Å². The fourth-order valence-electron chi connectivity index (χ4n) is 3.29. The van der Waals surface area contributed by atoms with Gasteiger partial charge >= 0.3 is 6.03 Å². The van der Waals surface area contributed by atoms with Crippen molar-refractivity contribution in [3.63, 3.8) is 0 Å². The summed E-state index contributed by atoms with van der Waals surface area (Å²) < 4.78 is 0. The Morgan fingerprint density at radius 1 is 1.25 bits per heavy atom. The molecular formula is C14H26N4O2. The van der Waals surface area contributed by atoms with E-state index in [9.17, 15) is 9.59 Å². The van der Waals surface area contributed by atoms with Gasteiger partial charge in [0.05, 0.1) is 0 Å². The highest BCUT2D eigenvalue weighted by Gasteiger charge is 2.31. The first kappa shape index (κ1) is 15.3. The second-order valence-corrected chi connectivity index (χ2v) is 5.68. The van der Waals surface area contributed by atoms with Gasteiger partial charge in [-0.3, -0.25) is 15.0 Å². The van der Waals surface area contributed by atoms with Gasteiger partial charge in [-0.15, -0.1) is 0 Å². The Morgan fingerprint density at radius 2 is 2.10 bits per heavy atom. The van der Waals surface area contributed by atoms with Crippen LogP contribution in [0.1, 0.15) is 38.5 Å². The zero-order chi connectivity index (χ0) is 14.4. The number of imide groups is 1. The molecule has 0 spiro atoms. The van der Waals surface area contributed by atoms with Crippen molar-refractivity contribution in [3.8, 4) is 0 Å². The molecule has 6 nitrogen and oxygen atoms in total. The van der Waals surface area contributed by atoms with E-state index in [0.717, 1.165) is 19.6 Å². The summed E-state index contributed by atoms with van der Waals surface area (Å²) in [6.07, 6.45) is 6.59. The van der Waals surface area contributed by atoms with E-state index in [2.05, 4.69) is 20.9 Å². The quantitative estimate of drug-likeness (QED) is 0.699. The van der Waals surface area contributed by atoms with Crippen molar-refractivity contribution in [2.24, 2.45) is 0 Å². The minimum absolute atomic E-state index is 0.201. The van der Waals surface area contributed by atoms with Gasteiger partial charge in [-0.25, -0.2) is 4.79 Å². The van der Waals surface area contributed by atoms with Gasteiger partial charge in [0.25, 0.3) is 0 Å². The molecule has 2 saturated heterocycles. The summed E-state index contributed by atoms with van der Waals surface area (Å²) in [5.41, 5.74) is 0. The number of rotatable bonds is 4. The molecular weight excluding hydrogens is 256 g/mol. The molecule has 0 radical (unpaired) electrons. The predicted octanol–water partition coefficient (Wildman–Crippen LogP) is 0.439. The van der Waals surface area contributed by atoms with Crippen molar-refractivity contribution in [1.82, 2.24) is 20.9 Å². The van der Waals surface area contributed by atoms with Gasteiger partial charge in [0, 0.05) is 32.1 Å². The van der Waals surface area contributed by atoms with E-state index in [1.165, 1.54) is 39.2 Å². The number of carbonyl (C=O) groups excluding carboxylic acids is 2. The smallest absolute Gasteiger partial charge is 0.321 e. The number of hydrogen-bond donors (Lipinski definition) is 3. The van der Waals surface area contributed by atoms with Crippen LogP contribution in [-0.2, 0) is 4.79 Å².